The fourth-order valence-electron chi connectivity index (χ4n) is 6.56. The van der Waals surface area contributed by atoms with Gasteiger partial charge in [-0.15, -0.1) is 0 Å². The average Bonchev–Trinajstić information content (AvgIpc) is 2.76. The maximum atomic E-state index is 13.0. The molecule has 1 saturated heterocycles. The molecule has 0 aromatic rings. The van der Waals surface area contributed by atoms with Crippen molar-refractivity contribution in [1.82, 2.24) is 0 Å². The van der Waals surface area contributed by atoms with Gasteiger partial charge in [0.05, 0.1) is 18.3 Å². The second-order valence-electron chi connectivity index (χ2n) is 10.3. The van der Waals surface area contributed by atoms with Crippen LogP contribution in [-0.2, 0) is 23.8 Å². The summed E-state index contributed by atoms with van der Waals surface area (Å²) in [6.45, 7) is 11.4. The number of fused-ring (bicyclic) bond motifs is 2. The predicted molar refractivity (Wildman–Crippen MR) is 118 cm³/mol. The van der Waals surface area contributed by atoms with E-state index in [-0.39, 0.29) is 30.1 Å². The molecule has 8 nitrogen and oxygen atoms in total. The van der Waals surface area contributed by atoms with Gasteiger partial charge in [0.25, 0.3) is 0 Å². The van der Waals surface area contributed by atoms with Gasteiger partial charge in [-0.3, -0.25) is 0 Å². The molecule has 1 heterocycles. The Hall–Kier alpha value is -1.74. The molecule has 4 rings (SSSR count). The molecule has 0 aromatic heterocycles. The van der Waals surface area contributed by atoms with Crippen LogP contribution in [0.5, 0.6) is 0 Å². The van der Waals surface area contributed by atoms with Crippen molar-refractivity contribution in [2.45, 2.75) is 83.1 Å². The highest BCUT2D eigenvalue weighted by atomic mass is 16.6. The number of carbonyl (C=O) groups is 2. The highest BCUT2D eigenvalue weighted by molar-refractivity contribution is 5.84. The van der Waals surface area contributed by atoms with Crippen molar-refractivity contribution in [3.05, 3.63) is 23.8 Å². The van der Waals surface area contributed by atoms with Crippen molar-refractivity contribution in [2.75, 3.05) is 6.61 Å². The minimum absolute atomic E-state index is 0.0446. The van der Waals surface area contributed by atoms with Crippen molar-refractivity contribution >= 4 is 11.9 Å². The van der Waals surface area contributed by atoms with Gasteiger partial charge in [-0.05, 0) is 63.4 Å². The summed E-state index contributed by atoms with van der Waals surface area (Å²) in [5, 5.41) is 32.1. The van der Waals surface area contributed by atoms with E-state index < -0.39 is 54.0 Å². The summed E-state index contributed by atoms with van der Waals surface area (Å²) in [6, 6.07) is 0. The van der Waals surface area contributed by atoms with Gasteiger partial charge < -0.3 is 29.5 Å². The fraction of sp³-hybridized carbons (Fsp3) is 0.760. The Bertz CT molecular complexity index is 847. The van der Waals surface area contributed by atoms with Crippen molar-refractivity contribution in [1.29, 1.82) is 0 Å². The van der Waals surface area contributed by atoms with Gasteiger partial charge in [0, 0.05) is 18.4 Å². The lowest BCUT2D eigenvalue weighted by Gasteiger charge is -2.59. The zero-order chi connectivity index (χ0) is 24.2. The summed E-state index contributed by atoms with van der Waals surface area (Å²) in [5.74, 6) is -2.60. The van der Waals surface area contributed by atoms with Crippen LogP contribution in [0.15, 0.2) is 23.8 Å². The number of hydrogen-bond donors (Lipinski definition) is 3. The molecule has 3 N–H and O–H groups in total. The normalized spacial score (nSPS) is 44.0. The van der Waals surface area contributed by atoms with E-state index in [9.17, 15) is 24.9 Å². The van der Waals surface area contributed by atoms with Crippen LogP contribution < -0.4 is 0 Å². The Morgan fingerprint density at radius 3 is 2.61 bits per heavy atom. The van der Waals surface area contributed by atoms with Gasteiger partial charge in [0.2, 0.25) is 6.10 Å². The Labute approximate surface area is 194 Å². The predicted octanol–water partition coefficient (Wildman–Crippen LogP) is 1.52. The standard InChI is InChI=1S/C25H36O8/c1-6-25(5,30)24(29)33-22-18-12(4)15(26)9-14-19-13(10-17(20(14)18)32-23(22)28)11(3)8-16(27)21(19)31-7-2/h8,13-22,26-27,30H,4,6-7,9-10H2,1-3,5H3. The van der Waals surface area contributed by atoms with Crippen LogP contribution in [0.2, 0.25) is 0 Å². The first-order chi connectivity index (χ1) is 15.5. The quantitative estimate of drug-likeness (QED) is 0.413. The van der Waals surface area contributed by atoms with Crippen LogP contribution in [0, 0.1) is 29.6 Å². The molecule has 11 unspecified atom stereocenters. The Morgan fingerprint density at radius 1 is 1.27 bits per heavy atom. The van der Waals surface area contributed by atoms with Crippen LogP contribution in [0.1, 0.15) is 47.0 Å². The molecular formula is C25H36O8. The number of rotatable bonds is 5. The molecule has 11 atom stereocenters. The molecule has 2 saturated carbocycles. The molecule has 3 fully saturated rings. The molecule has 0 bridgehead atoms. The van der Waals surface area contributed by atoms with Crippen LogP contribution in [-0.4, -0.2) is 70.0 Å². The van der Waals surface area contributed by atoms with E-state index in [4.69, 9.17) is 14.2 Å². The molecular weight excluding hydrogens is 428 g/mol. The van der Waals surface area contributed by atoms with E-state index in [1.165, 1.54) is 6.92 Å². The second kappa shape index (κ2) is 8.80. The van der Waals surface area contributed by atoms with Crippen molar-refractivity contribution in [2.24, 2.45) is 29.6 Å². The Morgan fingerprint density at radius 2 is 1.97 bits per heavy atom. The van der Waals surface area contributed by atoms with E-state index >= 15 is 0 Å². The maximum Gasteiger partial charge on any atom is 0.348 e. The number of aliphatic hydroxyl groups excluding tert-OH is 2. The molecule has 0 radical (unpaired) electrons. The van der Waals surface area contributed by atoms with Gasteiger partial charge in [0.15, 0.2) is 5.60 Å². The van der Waals surface area contributed by atoms with Gasteiger partial charge >= 0.3 is 11.9 Å². The highest BCUT2D eigenvalue weighted by Gasteiger charge is 2.62. The topological polar surface area (TPSA) is 123 Å². The molecule has 3 aliphatic carbocycles. The third-order valence-electron chi connectivity index (χ3n) is 8.42. The third kappa shape index (κ3) is 3.95. The summed E-state index contributed by atoms with van der Waals surface area (Å²) in [5.41, 5.74) is -0.263. The van der Waals surface area contributed by atoms with E-state index in [2.05, 4.69) is 6.58 Å². The summed E-state index contributed by atoms with van der Waals surface area (Å²) >= 11 is 0. The van der Waals surface area contributed by atoms with E-state index in [0.29, 0.717) is 25.0 Å². The van der Waals surface area contributed by atoms with Gasteiger partial charge in [-0.2, -0.15) is 0 Å². The van der Waals surface area contributed by atoms with E-state index in [1.807, 2.05) is 19.9 Å². The van der Waals surface area contributed by atoms with Crippen LogP contribution >= 0.6 is 0 Å². The third-order valence-corrected chi connectivity index (χ3v) is 8.42. The molecule has 4 aliphatic rings. The SMILES string of the molecule is C=C1C(O)CC2C3C(CC4OC(=O)C(OC(=O)C(C)(O)CC)C1C42)C(C)=CC(O)C3OCC. The first-order valence-electron chi connectivity index (χ1n) is 12.0. The Kier molecular flexibility index (Phi) is 6.50. The molecule has 0 aromatic carbocycles. The van der Waals surface area contributed by atoms with Crippen molar-refractivity contribution < 1.29 is 39.1 Å². The van der Waals surface area contributed by atoms with Crippen molar-refractivity contribution in [3.8, 4) is 0 Å². The van der Waals surface area contributed by atoms with E-state index in [1.54, 1.807) is 6.92 Å². The molecule has 0 amide bonds. The highest BCUT2D eigenvalue weighted by Crippen LogP contribution is 2.58. The first-order valence-corrected chi connectivity index (χ1v) is 12.0. The molecule has 1 aliphatic heterocycles. The number of hydrogen-bond acceptors (Lipinski definition) is 8. The van der Waals surface area contributed by atoms with Crippen LogP contribution in [0.4, 0.5) is 0 Å². The summed E-state index contributed by atoms with van der Waals surface area (Å²) in [7, 11) is 0. The van der Waals surface area contributed by atoms with Gasteiger partial charge in [-0.25, -0.2) is 9.59 Å². The zero-order valence-electron chi connectivity index (χ0n) is 19.8. The monoisotopic (exact) mass is 464 g/mol. The van der Waals surface area contributed by atoms with Gasteiger partial charge in [-0.1, -0.05) is 25.2 Å². The molecule has 33 heavy (non-hydrogen) atoms. The van der Waals surface area contributed by atoms with Crippen LogP contribution in [0.3, 0.4) is 0 Å². The second-order valence-corrected chi connectivity index (χ2v) is 10.3. The van der Waals surface area contributed by atoms with E-state index in [0.717, 1.165) is 5.57 Å². The lowest BCUT2D eigenvalue weighted by molar-refractivity contribution is -0.221. The molecule has 184 valence electrons. The Balaban J connectivity index is 1.73. The number of carbonyl (C=O) groups excluding carboxylic acids is 2. The average molecular weight is 465 g/mol. The zero-order valence-corrected chi connectivity index (χ0v) is 19.8. The maximum absolute atomic E-state index is 13.0. The summed E-state index contributed by atoms with van der Waals surface area (Å²) in [6.07, 6.45) is -0.861. The number of allylic oxidation sites excluding steroid dienone is 1. The number of esters is 2. The van der Waals surface area contributed by atoms with Crippen LogP contribution in [0.25, 0.3) is 0 Å². The smallest absolute Gasteiger partial charge is 0.348 e. The van der Waals surface area contributed by atoms with Gasteiger partial charge in [0.1, 0.15) is 6.10 Å². The lowest BCUT2D eigenvalue weighted by Crippen LogP contribution is -2.64. The summed E-state index contributed by atoms with van der Waals surface area (Å²) < 4.78 is 17.4. The minimum Gasteiger partial charge on any atom is -0.459 e. The number of ether oxygens (including phenoxy) is 3. The minimum atomic E-state index is -1.74. The number of aliphatic hydroxyl groups is 3. The lowest BCUT2D eigenvalue weighted by atomic mass is 9.50. The summed E-state index contributed by atoms with van der Waals surface area (Å²) in [4.78, 5) is 25.7. The fourth-order valence-corrected chi connectivity index (χ4v) is 6.56. The largest absolute Gasteiger partial charge is 0.459 e. The molecule has 0 spiro atoms. The first kappa shape index (κ1) is 24.4. The van der Waals surface area contributed by atoms with Crippen molar-refractivity contribution in [3.63, 3.8) is 0 Å². The molecule has 8 heteroatoms.